The Hall–Kier alpha value is -1.49. The zero-order valence-corrected chi connectivity index (χ0v) is 11.7. The van der Waals surface area contributed by atoms with Crippen LogP contribution in [0.2, 0.25) is 0 Å². The van der Waals surface area contributed by atoms with Crippen molar-refractivity contribution in [3.05, 3.63) is 40.5 Å². The number of benzene rings is 1. The lowest BCUT2D eigenvalue weighted by Gasteiger charge is -2.09. The minimum atomic E-state index is -0.321. The summed E-state index contributed by atoms with van der Waals surface area (Å²) in [6, 6.07) is 6.11. The van der Waals surface area contributed by atoms with E-state index in [1.807, 2.05) is 6.92 Å². The average molecular weight is 311 g/mol. The van der Waals surface area contributed by atoms with Crippen LogP contribution in [0.1, 0.15) is 12.7 Å². The summed E-state index contributed by atoms with van der Waals surface area (Å²) >= 11 is 3.33. The number of hydrogen-bond acceptors (Lipinski definition) is 3. The molecule has 0 saturated heterocycles. The number of ether oxygens (including phenoxy) is 1. The summed E-state index contributed by atoms with van der Waals surface area (Å²) in [5.41, 5.74) is 1.26. The van der Waals surface area contributed by atoms with Crippen LogP contribution in [-0.4, -0.2) is 17.1 Å². The van der Waals surface area contributed by atoms with Crippen molar-refractivity contribution in [3.63, 3.8) is 0 Å². The van der Waals surface area contributed by atoms with Gasteiger partial charge in [0.15, 0.2) is 0 Å². The van der Waals surface area contributed by atoms with Crippen LogP contribution in [-0.2, 0) is 6.42 Å². The highest BCUT2D eigenvalue weighted by Gasteiger charge is 2.11. The molecule has 3 nitrogen and oxygen atoms in total. The highest BCUT2D eigenvalue weighted by Crippen LogP contribution is 2.30. The predicted octanol–water partition coefficient (Wildman–Crippen LogP) is 3.62. The number of nitrogens with zero attached hydrogens (tertiary/aromatic N) is 2. The molecule has 0 aliphatic carbocycles. The van der Waals surface area contributed by atoms with Crippen LogP contribution in [0, 0.1) is 5.82 Å². The molecule has 0 amide bonds. The second kappa shape index (κ2) is 5.44. The molecule has 1 aromatic carbocycles. The van der Waals surface area contributed by atoms with Crippen LogP contribution < -0.4 is 4.74 Å². The molecule has 0 spiro atoms. The Morgan fingerprint density at radius 1 is 1.28 bits per heavy atom. The molecule has 0 atom stereocenters. The second-order valence-electron chi connectivity index (χ2n) is 3.69. The molecule has 0 aliphatic heterocycles. The fraction of sp³-hybridized carbons (Fsp3) is 0.231. The van der Waals surface area contributed by atoms with E-state index in [-0.39, 0.29) is 5.82 Å². The van der Waals surface area contributed by atoms with Gasteiger partial charge in [0, 0.05) is 12.0 Å². The second-order valence-corrected chi connectivity index (χ2v) is 4.50. The molecule has 0 N–H and O–H groups in total. The number of methoxy groups -OCH3 is 1. The van der Waals surface area contributed by atoms with Crippen LogP contribution in [0.3, 0.4) is 0 Å². The Labute approximate surface area is 113 Å². The minimum absolute atomic E-state index is 0.321. The molecule has 1 aromatic heterocycles. The third-order valence-electron chi connectivity index (χ3n) is 2.49. The lowest BCUT2D eigenvalue weighted by atomic mass is 10.1. The first kappa shape index (κ1) is 13.0. The van der Waals surface area contributed by atoms with Crippen molar-refractivity contribution in [2.45, 2.75) is 13.3 Å². The quantitative estimate of drug-likeness (QED) is 0.812. The van der Waals surface area contributed by atoms with Crippen LogP contribution in [0.4, 0.5) is 4.39 Å². The van der Waals surface area contributed by atoms with Crippen molar-refractivity contribution >= 4 is 15.9 Å². The summed E-state index contributed by atoms with van der Waals surface area (Å²) in [6.07, 6.45) is 0.712. The van der Waals surface area contributed by atoms with Crippen molar-refractivity contribution in [1.29, 1.82) is 0 Å². The molecular weight excluding hydrogens is 299 g/mol. The van der Waals surface area contributed by atoms with Gasteiger partial charge in [0.1, 0.15) is 22.0 Å². The Morgan fingerprint density at radius 2 is 2.06 bits per heavy atom. The van der Waals surface area contributed by atoms with E-state index in [9.17, 15) is 4.39 Å². The molecular formula is C13H12BrFN2O. The van der Waals surface area contributed by atoms with Gasteiger partial charge < -0.3 is 4.74 Å². The lowest BCUT2D eigenvalue weighted by Crippen LogP contribution is -1.97. The van der Waals surface area contributed by atoms with E-state index in [1.54, 1.807) is 19.2 Å². The molecule has 0 saturated carbocycles. The van der Waals surface area contributed by atoms with Gasteiger partial charge in [0.2, 0.25) is 0 Å². The van der Waals surface area contributed by atoms with E-state index < -0.39 is 0 Å². The third kappa shape index (κ3) is 2.67. The molecule has 94 valence electrons. The van der Waals surface area contributed by atoms with Crippen LogP contribution >= 0.6 is 15.9 Å². The number of aromatic nitrogens is 2. The predicted molar refractivity (Wildman–Crippen MR) is 71.1 cm³/mol. The van der Waals surface area contributed by atoms with E-state index in [0.717, 1.165) is 0 Å². The standard InChI is InChI=1S/C13H12BrFN2O/c1-3-13-16-10(7-12(14)17-13)9-6-8(15)4-5-11(9)18-2/h4-7H,3H2,1-2H3. The van der Waals surface area contributed by atoms with E-state index in [2.05, 4.69) is 25.9 Å². The smallest absolute Gasteiger partial charge is 0.130 e. The van der Waals surface area contributed by atoms with Gasteiger partial charge in [-0.1, -0.05) is 6.92 Å². The van der Waals surface area contributed by atoms with Crippen molar-refractivity contribution < 1.29 is 9.13 Å². The zero-order valence-electron chi connectivity index (χ0n) is 10.1. The summed E-state index contributed by atoms with van der Waals surface area (Å²) in [7, 11) is 1.55. The van der Waals surface area contributed by atoms with E-state index in [4.69, 9.17) is 4.74 Å². The minimum Gasteiger partial charge on any atom is -0.496 e. The maximum Gasteiger partial charge on any atom is 0.130 e. The number of hydrogen-bond donors (Lipinski definition) is 0. The Morgan fingerprint density at radius 3 is 2.72 bits per heavy atom. The highest BCUT2D eigenvalue weighted by molar-refractivity contribution is 9.10. The van der Waals surface area contributed by atoms with Crippen molar-refractivity contribution in [2.24, 2.45) is 0 Å². The molecule has 0 fully saturated rings. The van der Waals surface area contributed by atoms with Crippen molar-refractivity contribution in [1.82, 2.24) is 9.97 Å². The van der Waals surface area contributed by atoms with E-state index >= 15 is 0 Å². The SMILES string of the molecule is CCc1nc(Br)cc(-c2cc(F)ccc2OC)n1. The van der Waals surface area contributed by atoms with Gasteiger partial charge in [-0.2, -0.15) is 0 Å². The molecule has 2 rings (SSSR count). The Kier molecular flexibility index (Phi) is 3.91. The summed E-state index contributed by atoms with van der Waals surface area (Å²) < 4.78 is 19.2. The Bertz CT molecular complexity index is 575. The molecule has 2 aromatic rings. The van der Waals surface area contributed by atoms with E-state index in [1.165, 1.54) is 12.1 Å². The summed E-state index contributed by atoms with van der Waals surface area (Å²) in [4.78, 5) is 8.61. The van der Waals surface area contributed by atoms with Gasteiger partial charge in [-0.15, -0.1) is 0 Å². The maximum atomic E-state index is 13.3. The fourth-order valence-corrected chi connectivity index (χ4v) is 2.06. The summed E-state index contributed by atoms with van der Waals surface area (Å²) in [6.45, 7) is 1.97. The van der Waals surface area contributed by atoms with Crippen molar-refractivity contribution in [2.75, 3.05) is 7.11 Å². The molecule has 0 unspecified atom stereocenters. The van der Waals surface area contributed by atoms with Crippen LogP contribution in [0.25, 0.3) is 11.3 Å². The maximum absolute atomic E-state index is 13.3. The first-order valence-electron chi connectivity index (χ1n) is 5.51. The summed E-state index contributed by atoms with van der Waals surface area (Å²) in [5, 5.41) is 0. The van der Waals surface area contributed by atoms with Crippen LogP contribution in [0.5, 0.6) is 5.75 Å². The number of halogens is 2. The fourth-order valence-electron chi connectivity index (χ4n) is 1.64. The Balaban J connectivity index is 2.60. The third-order valence-corrected chi connectivity index (χ3v) is 2.90. The van der Waals surface area contributed by atoms with Gasteiger partial charge in [-0.05, 0) is 40.2 Å². The van der Waals surface area contributed by atoms with Gasteiger partial charge in [-0.25, -0.2) is 14.4 Å². The first-order valence-corrected chi connectivity index (χ1v) is 6.30. The normalized spacial score (nSPS) is 10.4. The number of aryl methyl sites for hydroxylation is 1. The molecule has 0 aliphatic rings. The van der Waals surface area contributed by atoms with Crippen LogP contribution in [0.15, 0.2) is 28.9 Å². The van der Waals surface area contributed by atoms with Gasteiger partial charge >= 0.3 is 0 Å². The molecule has 0 radical (unpaired) electrons. The number of rotatable bonds is 3. The monoisotopic (exact) mass is 310 g/mol. The molecule has 18 heavy (non-hydrogen) atoms. The van der Waals surface area contributed by atoms with Gasteiger partial charge in [-0.3, -0.25) is 0 Å². The molecule has 5 heteroatoms. The van der Waals surface area contributed by atoms with Crippen molar-refractivity contribution in [3.8, 4) is 17.0 Å². The lowest BCUT2D eigenvalue weighted by molar-refractivity contribution is 0.415. The molecule has 0 bridgehead atoms. The first-order chi connectivity index (χ1) is 8.63. The largest absolute Gasteiger partial charge is 0.496 e. The van der Waals surface area contributed by atoms with Gasteiger partial charge in [0.25, 0.3) is 0 Å². The van der Waals surface area contributed by atoms with E-state index in [0.29, 0.717) is 33.9 Å². The molecule has 1 heterocycles. The van der Waals surface area contributed by atoms with Gasteiger partial charge in [0.05, 0.1) is 12.8 Å². The zero-order chi connectivity index (χ0) is 13.1. The summed E-state index contributed by atoms with van der Waals surface area (Å²) in [5.74, 6) is 0.966. The average Bonchev–Trinajstić information content (AvgIpc) is 2.38. The highest BCUT2D eigenvalue weighted by atomic mass is 79.9. The topological polar surface area (TPSA) is 35.0 Å².